The van der Waals surface area contributed by atoms with Crippen LogP contribution in [-0.2, 0) is 4.74 Å². The van der Waals surface area contributed by atoms with Crippen molar-refractivity contribution in [2.45, 2.75) is 38.1 Å². The molecule has 0 radical (unpaired) electrons. The van der Waals surface area contributed by atoms with E-state index >= 15 is 0 Å². The minimum absolute atomic E-state index is 0.603. The molecule has 0 aromatic carbocycles. The lowest BCUT2D eigenvalue weighted by atomic mass is 9.78. The third-order valence-corrected chi connectivity index (χ3v) is 4.11. The molecule has 1 aliphatic carbocycles. The molecule has 0 unspecified atom stereocenters. The fraction of sp³-hybridized carbons (Fsp3) is 1.00. The van der Waals surface area contributed by atoms with Crippen LogP contribution in [0.25, 0.3) is 0 Å². The largest absolute Gasteiger partial charge is 0.381 e. The molecule has 1 spiro atoms. The van der Waals surface area contributed by atoms with Crippen molar-refractivity contribution in [3.8, 4) is 0 Å². The number of hydrogen-bond acceptors (Lipinski definition) is 2. The third-order valence-electron chi connectivity index (χ3n) is 4.11. The van der Waals surface area contributed by atoms with Crippen molar-refractivity contribution < 1.29 is 4.74 Å². The van der Waals surface area contributed by atoms with E-state index in [4.69, 9.17) is 4.74 Å². The van der Waals surface area contributed by atoms with Crippen molar-refractivity contribution in [3.63, 3.8) is 0 Å². The van der Waals surface area contributed by atoms with Crippen LogP contribution in [0, 0.1) is 5.41 Å². The Balaban J connectivity index is 1.59. The van der Waals surface area contributed by atoms with Gasteiger partial charge in [0.1, 0.15) is 0 Å². The smallest absolute Gasteiger partial charge is 0.0524 e. The number of hydrogen-bond donors (Lipinski definition) is 0. The SMILES string of the molecule is C1CC2(CCN(C3CC3)CC2)CO1. The Morgan fingerprint density at radius 1 is 1.08 bits per heavy atom. The van der Waals surface area contributed by atoms with Crippen LogP contribution in [-0.4, -0.2) is 37.2 Å². The van der Waals surface area contributed by atoms with Crippen molar-refractivity contribution in [1.82, 2.24) is 4.90 Å². The molecule has 0 aromatic heterocycles. The number of ether oxygens (including phenoxy) is 1. The molecule has 0 N–H and O–H groups in total. The average Bonchev–Trinajstić information content (AvgIpc) is 2.91. The summed E-state index contributed by atoms with van der Waals surface area (Å²) in [5, 5.41) is 0. The van der Waals surface area contributed by atoms with Crippen LogP contribution in [0.3, 0.4) is 0 Å². The van der Waals surface area contributed by atoms with Crippen molar-refractivity contribution in [3.05, 3.63) is 0 Å². The molecule has 2 heterocycles. The van der Waals surface area contributed by atoms with Crippen LogP contribution in [0.1, 0.15) is 32.1 Å². The normalized spacial score (nSPS) is 34.2. The van der Waals surface area contributed by atoms with Crippen LogP contribution >= 0.6 is 0 Å². The molecule has 0 amide bonds. The highest BCUT2D eigenvalue weighted by Gasteiger charge is 2.41. The topological polar surface area (TPSA) is 12.5 Å². The van der Waals surface area contributed by atoms with Crippen molar-refractivity contribution >= 4 is 0 Å². The molecule has 2 aliphatic heterocycles. The first-order valence-corrected chi connectivity index (χ1v) is 5.70. The van der Waals surface area contributed by atoms with Gasteiger partial charge in [-0.05, 0) is 50.6 Å². The average molecular weight is 181 g/mol. The summed E-state index contributed by atoms with van der Waals surface area (Å²) in [4.78, 5) is 2.70. The Morgan fingerprint density at radius 2 is 1.85 bits per heavy atom. The van der Waals surface area contributed by atoms with E-state index in [1.807, 2.05) is 0 Å². The second-order valence-electron chi connectivity index (χ2n) is 5.07. The van der Waals surface area contributed by atoms with Gasteiger partial charge in [0.25, 0.3) is 0 Å². The predicted molar refractivity (Wildman–Crippen MR) is 51.7 cm³/mol. The van der Waals surface area contributed by atoms with E-state index in [1.165, 1.54) is 45.2 Å². The highest BCUT2D eigenvalue weighted by atomic mass is 16.5. The van der Waals surface area contributed by atoms with Gasteiger partial charge in [-0.2, -0.15) is 0 Å². The second-order valence-corrected chi connectivity index (χ2v) is 5.07. The second kappa shape index (κ2) is 2.96. The summed E-state index contributed by atoms with van der Waals surface area (Å²) in [5.74, 6) is 0. The molecule has 0 aromatic rings. The van der Waals surface area contributed by atoms with Crippen LogP contribution < -0.4 is 0 Å². The lowest BCUT2D eigenvalue weighted by molar-refractivity contribution is 0.0771. The molecule has 0 atom stereocenters. The lowest BCUT2D eigenvalue weighted by Gasteiger charge is -2.38. The van der Waals surface area contributed by atoms with Gasteiger partial charge in [0.15, 0.2) is 0 Å². The Bertz CT molecular complexity index is 184. The van der Waals surface area contributed by atoms with Gasteiger partial charge < -0.3 is 9.64 Å². The van der Waals surface area contributed by atoms with Gasteiger partial charge in [0.05, 0.1) is 6.61 Å². The number of rotatable bonds is 1. The van der Waals surface area contributed by atoms with Crippen molar-refractivity contribution in [1.29, 1.82) is 0 Å². The van der Waals surface area contributed by atoms with E-state index in [-0.39, 0.29) is 0 Å². The molecule has 3 rings (SSSR count). The summed E-state index contributed by atoms with van der Waals surface area (Å²) >= 11 is 0. The molecule has 1 saturated carbocycles. The zero-order valence-corrected chi connectivity index (χ0v) is 8.30. The Morgan fingerprint density at radius 3 is 2.38 bits per heavy atom. The highest BCUT2D eigenvalue weighted by molar-refractivity contribution is 4.93. The predicted octanol–water partition coefficient (Wildman–Crippen LogP) is 1.65. The van der Waals surface area contributed by atoms with Gasteiger partial charge in [-0.1, -0.05) is 0 Å². The molecule has 3 aliphatic rings. The van der Waals surface area contributed by atoms with E-state index in [0.717, 1.165) is 19.3 Å². The maximum Gasteiger partial charge on any atom is 0.0524 e. The maximum absolute atomic E-state index is 5.53. The number of likely N-dealkylation sites (tertiary alicyclic amines) is 1. The first-order valence-electron chi connectivity index (χ1n) is 5.70. The van der Waals surface area contributed by atoms with E-state index in [0.29, 0.717) is 5.41 Å². The van der Waals surface area contributed by atoms with E-state index in [2.05, 4.69) is 4.90 Å². The summed E-state index contributed by atoms with van der Waals surface area (Å²) in [5.41, 5.74) is 0.603. The van der Waals surface area contributed by atoms with Gasteiger partial charge in [-0.3, -0.25) is 0 Å². The summed E-state index contributed by atoms with van der Waals surface area (Å²) in [7, 11) is 0. The zero-order chi connectivity index (χ0) is 8.73. The quantitative estimate of drug-likeness (QED) is 0.610. The van der Waals surface area contributed by atoms with Crippen molar-refractivity contribution in [2.75, 3.05) is 26.3 Å². The van der Waals surface area contributed by atoms with Gasteiger partial charge in [0.2, 0.25) is 0 Å². The molecule has 2 saturated heterocycles. The van der Waals surface area contributed by atoms with E-state index in [9.17, 15) is 0 Å². The monoisotopic (exact) mass is 181 g/mol. The standard InChI is InChI=1S/C11H19NO/c1-2-10(1)12-6-3-11(4-7-12)5-8-13-9-11/h10H,1-9H2. The van der Waals surface area contributed by atoms with Gasteiger partial charge in [-0.15, -0.1) is 0 Å². The fourth-order valence-corrected chi connectivity index (χ4v) is 2.85. The Labute approximate surface area is 80.2 Å². The first kappa shape index (κ1) is 8.25. The Kier molecular flexibility index (Phi) is 1.88. The molecule has 3 fully saturated rings. The summed E-state index contributed by atoms with van der Waals surface area (Å²) in [6.07, 6.45) is 7.03. The number of nitrogens with zero attached hydrogens (tertiary/aromatic N) is 1. The molecular formula is C11H19NO. The zero-order valence-electron chi connectivity index (χ0n) is 8.30. The first-order chi connectivity index (χ1) is 6.38. The molecule has 2 nitrogen and oxygen atoms in total. The maximum atomic E-state index is 5.53. The van der Waals surface area contributed by atoms with Crippen LogP contribution in [0.15, 0.2) is 0 Å². The van der Waals surface area contributed by atoms with Crippen LogP contribution in [0.5, 0.6) is 0 Å². The minimum Gasteiger partial charge on any atom is -0.381 e. The van der Waals surface area contributed by atoms with E-state index in [1.54, 1.807) is 0 Å². The van der Waals surface area contributed by atoms with Gasteiger partial charge >= 0.3 is 0 Å². The molecule has 0 bridgehead atoms. The van der Waals surface area contributed by atoms with Crippen LogP contribution in [0.4, 0.5) is 0 Å². The fourth-order valence-electron chi connectivity index (χ4n) is 2.85. The number of piperidine rings is 1. The summed E-state index contributed by atoms with van der Waals surface area (Å²) < 4.78 is 5.53. The molecule has 2 heteroatoms. The summed E-state index contributed by atoms with van der Waals surface area (Å²) in [6, 6.07) is 0.972. The highest BCUT2D eigenvalue weighted by Crippen LogP contribution is 2.41. The Hall–Kier alpha value is -0.0800. The molecule has 74 valence electrons. The lowest BCUT2D eigenvalue weighted by Crippen LogP contribution is -2.41. The van der Waals surface area contributed by atoms with Gasteiger partial charge in [-0.25, -0.2) is 0 Å². The minimum atomic E-state index is 0.603. The third kappa shape index (κ3) is 1.50. The summed E-state index contributed by atoms with van der Waals surface area (Å²) in [6.45, 7) is 4.75. The van der Waals surface area contributed by atoms with Gasteiger partial charge in [0, 0.05) is 12.6 Å². The molecular weight excluding hydrogens is 162 g/mol. The van der Waals surface area contributed by atoms with E-state index < -0.39 is 0 Å². The van der Waals surface area contributed by atoms with Crippen LogP contribution in [0.2, 0.25) is 0 Å². The molecule has 13 heavy (non-hydrogen) atoms. The van der Waals surface area contributed by atoms with Crippen molar-refractivity contribution in [2.24, 2.45) is 5.41 Å².